The fraction of sp³-hybridized carbons (Fsp3) is 1.00. The van der Waals surface area contributed by atoms with Crippen molar-refractivity contribution in [2.24, 2.45) is 5.92 Å². The van der Waals surface area contributed by atoms with E-state index in [-0.39, 0.29) is 5.54 Å². The summed E-state index contributed by atoms with van der Waals surface area (Å²) in [6.07, 6.45) is 5.05. The summed E-state index contributed by atoms with van der Waals surface area (Å²) in [5.41, 5.74) is -0.0270. The number of hydrogen-bond acceptors (Lipinski definition) is 3. The molecule has 1 saturated carbocycles. The molecule has 1 aliphatic rings. The van der Waals surface area contributed by atoms with Crippen LogP contribution in [0, 0.1) is 5.92 Å². The van der Waals surface area contributed by atoms with Crippen molar-refractivity contribution >= 4 is 9.84 Å². The molecule has 0 aliphatic heterocycles. The van der Waals surface area contributed by atoms with Gasteiger partial charge in [0, 0.05) is 18.3 Å². The highest BCUT2D eigenvalue weighted by Gasteiger charge is 2.43. The molecule has 0 aromatic heterocycles. The van der Waals surface area contributed by atoms with Crippen LogP contribution in [0.15, 0.2) is 0 Å². The Morgan fingerprint density at radius 3 is 2.06 bits per heavy atom. The number of nitrogens with one attached hydrogen (secondary N) is 1. The summed E-state index contributed by atoms with van der Waals surface area (Å²) in [6.45, 7) is 9.03. The maximum Gasteiger partial charge on any atom is 0.154 e. The molecule has 1 N–H and O–H groups in total. The molecular formula is C13H27NO2S. The number of hydrogen-bond donors (Lipinski definition) is 1. The van der Waals surface area contributed by atoms with Crippen molar-refractivity contribution in [2.45, 2.75) is 63.7 Å². The summed E-state index contributed by atoms with van der Waals surface area (Å²) in [5, 5.41) is 3.37. The Balaban J connectivity index is 2.82. The molecule has 102 valence electrons. The third-order valence-electron chi connectivity index (χ3n) is 3.91. The highest BCUT2D eigenvalue weighted by Crippen LogP contribution is 2.37. The first-order valence-electron chi connectivity index (χ1n) is 6.50. The van der Waals surface area contributed by atoms with Crippen molar-refractivity contribution in [3.8, 4) is 0 Å². The van der Waals surface area contributed by atoms with E-state index in [0.29, 0.717) is 12.5 Å². The fourth-order valence-corrected chi connectivity index (χ4v) is 3.70. The summed E-state index contributed by atoms with van der Waals surface area (Å²) >= 11 is 0. The highest BCUT2D eigenvalue weighted by molar-refractivity contribution is 7.92. The quantitative estimate of drug-likeness (QED) is 0.848. The van der Waals surface area contributed by atoms with Gasteiger partial charge in [0.25, 0.3) is 0 Å². The lowest BCUT2D eigenvalue weighted by molar-refractivity contribution is 0.277. The van der Waals surface area contributed by atoms with E-state index in [1.165, 1.54) is 6.26 Å². The van der Waals surface area contributed by atoms with Crippen LogP contribution >= 0.6 is 0 Å². The zero-order chi connectivity index (χ0) is 13.3. The minimum absolute atomic E-state index is 0.0270. The van der Waals surface area contributed by atoms with Crippen molar-refractivity contribution < 1.29 is 8.42 Å². The van der Waals surface area contributed by atoms with Crippen molar-refractivity contribution in [3.63, 3.8) is 0 Å². The molecule has 0 heterocycles. The maximum atomic E-state index is 12.1. The summed E-state index contributed by atoms with van der Waals surface area (Å²) in [7, 11) is -3.00. The van der Waals surface area contributed by atoms with Crippen molar-refractivity contribution in [1.29, 1.82) is 0 Å². The molecule has 1 fully saturated rings. The SMILES string of the molecule is CC1CCC(CNC(C)(C)C)(S(C)(=O)=O)CC1. The van der Waals surface area contributed by atoms with Crippen molar-refractivity contribution in [1.82, 2.24) is 5.32 Å². The van der Waals surface area contributed by atoms with E-state index in [1.807, 2.05) is 0 Å². The van der Waals surface area contributed by atoms with Gasteiger partial charge in [-0.25, -0.2) is 8.42 Å². The van der Waals surface area contributed by atoms with E-state index in [0.717, 1.165) is 25.7 Å². The Labute approximate surface area is 106 Å². The van der Waals surface area contributed by atoms with Crippen LogP contribution in [0.2, 0.25) is 0 Å². The fourth-order valence-electron chi connectivity index (χ4n) is 2.39. The molecule has 4 heteroatoms. The summed E-state index contributed by atoms with van der Waals surface area (Å²) in [5.74, 6) is 0.666. The third-order valence-corrected chi connectivity index (χ3v) is 6.04. The number of sulfone groups is 1. The van der Waals surface area contributed by atoms with Crippen LogP contribution in [0.1, 0.15) is 53.4 Å². The zero-order valence-corrected chi connectivity index (χ0v) is 12.7. The van der Waals surface area contributed by atoms with E-state index in [9.17, 15) is 8.42 Å². The molecule has 0 spiro atoms. The van der Waals surface area contributed by atoms with Crippen LogP contribution < -0.4 is 5.32 Å². The molecule has 0 saturated heterocycles. The monoisotopic (exact) mass is 261 g/mol. The lowest BCUT2D eigenvalue weighted by Gasteiger charge is -2.39. The molecule has 0 aromatic rings. The Morgan fingerprint density at radius 2 is 1.71 bits per heavy atom. The summed E-state index contributed by atoms with van der Waals surface area (Å²) < 4.78 is 23.6. The predicted octanol–water partition coefficient (Wildman–Crippen LogP) is 2.37. The van der Waals surface area contributed by atoms with Crippen LogP contribution in [0.5, 0.6) is 0 Å². The van der Waals surface area contributed by atoms with Gasteiger partial charge >= 0.3 is 0 Å². The normalized spacial score (nSPS) is 31.5. The van der Waals surface area contributed by atoms with Gasteiger partial charge in [0.05, 0.1) is 4.75 Å². The molecule has 3 nitrogen and oxygen atoms in total. The molecular weight excluding hydrogens is 234 g/mol. The second-order valence-electron chi connectivity index (χ2n) is 6.74. The Kier molecular flexibility index (Phi) is 4.30. The minimum atomic E-state index is -3.00. The molecule has 17 heavy (non-hydrogen) atoms. The zero-order valence-electron chi connectivity index (χ0n) is 11.8. The van der Waals surface area contributed by atoms with Crippen molar-refractivity contribution in [3.05, 3.63) is 0 Å². The van der Waals surface area contributed by atoms with Crippen LogP contribution in [0.3, 0.4) is 0 Å². The lowest BCUT2D eigenvalue weighted by Crippen LogP contribution is -2.53. The van der Waals surface area contributed by atoms with Gasteiger partial charge in [0.15, 0.2) is 9.84 Å². The Morgan fingerprint density at radius 1 is 1.24 bits per heavy atom. The molecule has 0 unspecified atom stereocenters. The van der Waals surface area contributed by atoms with Gasteiger partial charge in [-0.1, -0.05) is 6.92 Å². The first-order valence-corrected chi connectivity index (χ1v) is 8.40. The Hall–Kier alpha value is -0.0900. The topological polar surface area (TPSA) is 46.2 Å². The van der Waals surface area contributed by atoms with Gasteiger partial charge in [-0.15, -0.1) is 0 Å². The first kappa shape index (κ1) is 15.0. The second-order valence-corrected chi connectivity index (χ2v) is 9.15. The van der Waals surface area contributed by atoms with Crippen LogP contribution in [-0.4, -0.2) is 31.5 Å². The van der Waals surface area contributed by atoms with Crippen LogP contribution in [0.25, 0.3) is 0 Å². The average molecular weight is 261 g/mol. The number of rotatable bonds is 3. The largest absolute Gasteiger partial charge is 0.310 e. The maximum absolute atomic E-state index is 12.1. The van der Waals surface area contributed by atoms with E-state index >= 15 is 0 Å². The van der Waals surface area contributed by atoms with Crippen molar-refractivity contribution in [2.75, 3.05) is 12.8 Å². The van der Waals surface area contributed by atoms with Gasteiger partial charge in [-0.2, -0.15) is 0 Å². The van der Waals surface area contributed by atoms with Crippen LogP contribution in [0.4, 0.5) is 0 Å². The molecule has 0 amide bonds. The molecule has 0 radical (unpaired) electrons. The average Bonchev–Trinajstić information content (AvgIpc) is 2.14. The van der Waals surface area contributed by atoms with E-state index in [4.69, 9.17) is 0 Å². The molecule has 0 atom stereocenters. The van der Waals surface area contributed by atoms with Gasteiger partial charge in [-0.05, 0) is 52.4 Å². The third kappa shape index (κ3) is 3.95. The first-order chi connectivity index (χ1) is 7.56. The smallest absolute Gasteiger partial charge is 0.154 e. The van der Waals surface area contributed by atoms with E-state index in [2.05, 4.69) is 33.0 Å². The van der Waals surface area contributed by atoms with Crippen LogP contribution in [-0.2, 0) is 9.84 Å². The molecule has 0 bridgehead atoms. The van der Waals surface area contributed by atoms with E-state index in [1.54, 1.807) is 0 Å². The van der Waals surface area contributed by atoms with Gasteiger partial charge in [-0.3, -0.25) is 0 Å². The lowest BCUT2D eigenvalue weighted by atomic mass is 9.82. The standard InChI is InChI=1S/C13H27NO2S/c1-11-6-8-13(9-7-11,17(5,15)16)10-14-12(2,3)4/h11,14H,6-10H2,1-5H3. The second kappa shape index (κ2) is 4.88. The van der Waals surface area contributed by atoms with Gasteiger partial charge in [0.1, 0.15) is 0 Å². The predicted molar refractivity (Wildman–Crippen MR) is 73.0 cm³/mol. The molecule has 1 aliphatic carbocycles. The molecule has 0 aromatic carbocycles. The summed E-state index contributed by atoms with van der Waals surface area (Å²) in [4.78, 5) is 0. The van der Waals surface area contributed by atoms with E-state index < -0.39 is 14.6 Å². The Bertz CT molecular complexity index is 346. The highest BCUT2D eigenvalue weighted by atomic mass is 32.2. The van der Waals surface area contributed by atoms with Gasteiger partial charge < -0.3 is 5.32 Å². The van der Waals surface area contributed by atoms with Gasteiger partial charge in [0.2, 0.25) is 0 Å². The summed E-state index contributed by atoms with van der Waals surface area (Å²) in [6, 6.07) is 0. The minimum Gasteiger partial charge on any atom is -0.310 e. The molecule has 1 rings (SSSR count).